The lowest BCUT2D eigenvalue weighted by Crippen LogP contribution is -2.52. The molecule has 0 aliphatic carbocycles. The summed E-state index contributed by atoms with van der Waals surface area (Å²) in [5.41, 5.74) is 9.81. The second-order valence-corrected chi connectivity index (χ2v) is 28.6. The minimum absolute atomic E-state index is 0. The lowest BCUT2D eigenvalue weighted by atomic mass is 10.2. The van der Waals surface area contributed by atoms with E-state index >= 15 is 0 Å². The van der Waals surface area contributed by atoms with Crippen molar-refractivity contribution in [2.75, 3.05) is 130 Å². The van der Waals surface area contributed by atoms with E-state index in [-0.39, 0.29) is 81.4 Å². The van der Waals surface area contributed by atoms with Gasteiger partial charge in [0.05, 0.1) is 40.6 Å². The summed E-state index contributed by atoms with van der Waals surface area (Å²) in [7, 11) is -8.67. The Kier molecular flexibility index (Phi) is 30.7. The van der Waals surface area contributed by atoms with E-state index in [4.69, 9.17) is 20.9 Å². The molecule has 4 atom stereocenters. The highest BCUT2D eigenvalue weighted by molar-refractivity contribution is 7.99. The van der Waals surface area contributed by atoms with E-state index in [0.717, 1.165) is 31.1 Å². The minimum atomic E-state index is -3.03. The van der Waals surface area contributed by atoms with E-state index in [1.165, 1.54) is 34.4 Å². The van der Waals surface area contributed by atoms with Crippen LogP contribution in [-0.4, -0.2) is 248 Å². The highest BCUT2D eigenvalue weighted by atomic mass is 32.2. The summed E-state index contributed by atoms with van der Waals surface area (Å²) in [5.74, 6) is 4.67. The van der Waals surface area contributed by atoms with E-state index in [1.807, 2.05) is 30.4 Å². The molecule has 5 rings (SSSR count). The number of alkyl carbamates (subject to hydrolysis) is 2. The predicted molar refractivity (Wildman–Crippen MR) is 280 cm³/mol. The third kappa shape index (κ3) is 31.1. The number of hydrogen-bond acceptors (Lipinski definition) is 19. The van der Waals surface area contributed by atoms with Gasteiger partial charge < -0.3 is 51.6 Å². The average molecular weight is 1090 g/mol. The molecule has 28 heteroatoms. The van der Waals surface area contributed by atoms with Crippen LogP contribution in [0.4, 0.5) is 9.59 Å². The molecular weight excluding hydrogens is 1010 g/mol. The zero-order chi connectivity index (χ0) is 52.8. The van der Waals surface area contributed by atoms with Crippen LogP contribution in [0.1, 0.15) is 69.2 Å². The van der Waals surface area contributed by atoms with Crippen LogP contribution in [0.5, 0.6) is 0 Å². The van der Waals surface area contributed by atoms with Gasteiger partial charge in [-0.2, -0.15) is 23.5 Å². The second kappa shape index (κ2) is 31.9. The fourth-order valence-corrected chi connectivity index (χ4v) is 11.8. The van der Waals surface area contributed by atoms with Crippen LogP contribution in [0.3, 0.4) is 0 Å². The number of amides is 5. The lowest BCUT2D eigenvalue weighted by molar-refractivity contribution is -0.133. The van der Waals surface area contributed by atoms with Gasteiger partial charge in [-0.3, -0.25) is 19.3 Å². The van der Waals surface area contributed by atoms with Gasteiger partial charge in [0.2, 0.25) is 17.7 Å². The maximum Gasteiger partial charge on any atom is 0.408 e. The Morgan fingerprint density at radius 3 is 1.14 bits per heavy atom. The Bertz CT molecular complexity index is 1910. The van der Waals surface area contributed by atoms with Crippen LogP contribution < -0.4 is 27.4 Å². The molecule has 5 aliphatic rings. The fraction of sp³-hybridized carbons (Fsp3) is 0.881. The second-order valence-electron chi connectivity index (χ2n) is 19.2. The SMILES string of the molecule is C1CSCCN1.C[C@@H](N)C(=O)N1CCS(=O)(=O)CC1.C[C@@H](N)CN1CCS(=O)(=O)CC1.C[C@@H](NC(=O)OC(C)(C)C)C(=O)N1CCS(=O)(=O)CC1.C[C@@H](NC(=O)OC(C)(C)C)C(=O)N1CCSCC1.[B]. The number of rotatable bonds is 7. The van der Waals surface area contributed by atoms with E-state index in [9.17, 15) is 49.2 Å². The minimum Gasteiger partial charge on any atom is -0.444 e. The van der Waals surface area contributed by atoms with E-state index in [1.54, 1.807) is 67.2 Å². The number of carbonyl (C=O) groups excluding carboxylic acids is 5. The summed E-state index contributed by atoms with van der Waals surface area (Å²) in [6, 6.07) is -1.69. The zero-order valence-corrected chi connectivity index (χ0v) is 47.1. The van der Waals surface area contributed by atoms with Gasteiger partial charge in [-0.15, -0.1) is 0 Å². The van der Waals surface area contributed by atoms with E-state index in [0.29, 0.717) is 24.6 Å². The average Bonchev–Trinajstić information content (AvgIpc) is 3.24. The number of thioether (sulfide) groups is 2. The first kappa shape index (κ1) is 67.4. The van der Waals surface area contributed by atoms with Crippen molar-refractivity contribution in [3.8, 4) is 0 Å². The molecule has 5 amide bonds. The molecule has 3 radical (unpaired) electrons. The van der Waals surface area contributed by atoms with Crippen molar-refractivity contribution in [2.24, 2.45) is 11.5 Å². The molecule has 5 fully saturated rings. The maximum atomic E-state index is 12.1. The normalized spacial score (nSPS) is 21.5. The summed E-state index contributed by atoms with van der Waals surface area (Å²) >= 11 is 3.88. The maximum absolute atomic E-state index is 12.1. The zero-order valence-electron chi connectivity index (χ0n) is 43.0. The van der Waals surface area contributed by atoms with Crippen LogP contribution in [0.25, 0.3) is 0 Å². The smallest absolute Gasteiger partial charge is 0.408 e. The van der Waals surface area contributed by atoms with Crippen LogP contribution in [-0.2, 0) is 53.4 Å². The first-order valence-electron chi connectivity index (χ1n) is 23.3. The lowest BCUT2D eigenvalue weighted by Gasteiger charge is -2.29. The van der Waals surface area contributed by atoms with Crippen LogP contribution in [0, 0.1) is 0 Å². The number of nitrogens with one attached hydrogen (secondary N) is 3. The van der Waals surface area contributed by atoms with Crippen molar-refractivity contribution >= 4 is 91.4 Å². The van der Waals surface area contributed by atoms with Gasteiger partial charge in [0.15, 0.2) is 29.5 Å². The molecule has 7 N–H and O–H groups in total. The number of sulfone groups is 3. The number of nitrogens with two attached hydrogens (primary N) is 2. The Balaban J connectivity index is 0.000000880. The molecule has 70 heavy (non-hydrogen) atoms. The van der Waals surface area contributed by atoms with Crippen LogP contribution in [0.2, 0.25) is 0 Å². The number of carbonyl (C=O) groups is 5. The Hall–Kier alpha value is -2.60. The van der Waals surface area contributed by atoms with E-state index in [2.05, 4.69) is 20.9 Å². The predicted octanol–water partition coefficient (Wildman–Crippen LogP) is -0.772. The molecule has 5 saturated heterocycles. The number of ether oxygens (including phenoxy) is 2. The first-order chi connectivity index (χ1) is 31.7. The number of nitrogens with zero attached hydrogens (tertiary/aromatic N) is 4. The number of hydrogen-bond donors (Lipinski definition) is 5. The highest BCUT2D eigenvalue weighted by Crippen LogP contribution is 2.13. The summed E-state index contributed by atoms with van der Waals surface area (Å²) in [6.45, 7) is 24.3. The first-order valence-corrected chi connectivity index (χ1v) is 31.0. The van der Waals surface area contributed by atoms with Crippen molar-refractivity contribution in [2.45, 2.75) is 105 Å². The van der Waals surface area contributed by atoms with Crippen molar-refractivity contribution in [1.29, 1.82) is 0 Å². The Labute approximate surface area is 429 Å². The van der Waals surface area contributed by atoms with Gasteiger partial charge in [0, 0.05) is 109 Å². The third-order valence-corrected chi connectivity index (χ3v) is 16.8. The van der Waals surface area contributed by atoms with Crippen molar-refractivity contribution in [3.63, 3.8) is 0 Å². The van der Waals surface area contributed by atoms with Gasteiger partial charge in [0.25, 0.3) is 0 Å². The molecule has 0 spiro atoms. The van der Waals surface area contributed by atoms with Crippen LogP contribution in [0.15, 0.2) is 0 Å². The van der Waals surface area contributed by atoms with Crippen molar-refractivity contribution in [3.05, 3.63) is 0 Å². The molecule has 0 saturated carbocycles. The van der Waals surface area contributed by atoms with Gasteiger partial charge >= 0.3 is 12.2 Å². The third-order valence-electron chi connectivity index (χ3n) is 10.1. The van der Waals surface area contributed by atoms with Crippen molar-refractivity contribution in [1.82, 2.24) is 35.6 Å². The van der Waals surface area contributed by atoms with Gasteiger partial charge in [-0.25, -0.2) is 34.8 Å². The summed E-state index contributed by atoms with van der Waals surface area (Å²) < 4.78 is 76.9. The Morgan fingerprint density at radius 2 is 0.857 bits per heavy atom. The fourth-order valence-electron chi connectivity index (χ4n) is 6.43. The molecule has 0 aromatic carbocycles. The van der Waals surface area contributed by atoms with Gasteiger partial charge in [-0.05, 0) is 69.2 Å². The van der Waals surface area contributed by atoms with E-state index < -0.39 is 71.0 Å². The van der Waals surface area contributed by atoms with Gasteiger partial charge in [0.1, 0.15) is 23.3 Å². The van der Waals surface area contributed by atoms with Crippen molar-refractivity contribution < 1.29 is 58.7 Å². The Morgan fingerprint density at radius 1 is 0.543 bits per heavy atom. The highest BCUT2D eigenvalue weighted by Gasteiger charge is 2.30. The molecule has 22 nitrogen and oxygen atoms in total. The monoisotopic (exact) mass is 1090 g/mol. The molecule has 0 aromatic heterocycles. The largest absolute Gasteiger partial charge is 0.444 e. The molecule has 0 bridgehead atoms. The summed E-state index contributed by atoms with van der Waals surface area (Å²) in [6.07, 6.45) is -1.21. The molecular formula is C42H83BN9O13S5. The molecule has 5 aliphatic heterocycles. The quantitative estimate of drug-likeness (QED) is 0.196. The topological polar surface area (TPSA) is 307 Å². The molecule has 407 valence electrons. The molecule has 5 heterocycles. The molecule has 0 unspecified atom stereocenters. The van der Waals surface area contributed by atoms with Gasteiger partial charge in [-0.1, -0.05) is 0 Å². The summed E-state index contributed by atoms with van der Waals surface area (Å²) in [4.78, 5) is 65.4. The standard InChI is InChI=1S/C12H22N2O5S.C12H22N2O3S.C7H14N2O3S.C7H16N2O2S.C4H9NS.B/c1-9(13-11(16)19-12(2,3)4)10(15)14-5-7-20(17,18)8-6-14;1-9(13-11(16)17-12(2,3)4)10(15)14-5-7-18-8-6-14;1-6(8)7(10)9-2-4-13(11,12)5-3-9;1-7(8)6-9-2-4-12(10,11)5-3-9;1-3-6-4-2-5-1;/h9H,5-8H2,1-4H3,(H,13,16);9H,5-8H2,1-4H3,(H,13,16);6H,2-5,8H2,1H3;7H,2-6,8H2,1H3;5H,1-4H2;/t2*9-;6-;7-;;/m1111../s1. The molecule has 0 aromatic rings. The van der Waals surface area contributed by atoms with Crippen LogP contribution >= 0.6 is 23.5 Å². The summed E-state index contributed by atoms with van der Waals surface area (Å²) in [5, 5.41) is 8.29.